The highest BCUT2D eigenvalue weighted by Gasteiger charge is 2.15. The molecule has 2 aromatic carbocycles. The standard InChI is InChI=1S/C30H37FN2O3/c1-3-5-7-8-9-10-12-23-13-18-29(26(31)20-23)36-30(34)28-22-32-27(21-33-28)24-14-16-25(17-15-24)35-19-11-6-4-2/h13-18,20-22H,3-12,19H2,1-2H3. The van der Waals surface area contributed by atoms with E-state index in [9.17, 15) is 9.18 Å². The van der Waals surface area contributed by atoms with E-state index in [1.807, 2.05) is 30.3 Å². The van der Waals surface area contributed by atoms with Gasteiger partial charge in [-0.25, -0.2) is 14.2 Å². The monoisotopic (exact) mass is 492 g/mol. The smallest absolute Gasteiger partial charge is 0.364 e. The van der Waals surface area contributed by atoms with Crippen LogP contribution in [-0.4, -0.2) is 22.5 Å². The third-order valence-corrected chi connectivity index (χ3v) is 6.05. The van der Waals surface area contributed by atoms with Crippen LogP contribution < -0.4 is 9.47 Å². The first-order valence-corrected chi connectivity index (χ1v) is 13.2. The minimum atomic E-state index is -0.743. The van der Waals surface area contributed by atoms with Crippen LogP contribution in [0.3, 0.4) is 0 Å². The molecule has 0 aliphatic carbocycles. The number of carbonyl (C=O) groups excluding carboxylic acids is 1. The Kier molecular flexibility index (Phi) is 11.4. The molecule has 0 N–H and O–H groups in total. The Hall–Kier alpha value is -3.28. The molecule has 0 spiro atoms. The number of rotatable bonds is 15. The van der Waals surface area contributed by atoms with Crippen LogP contribution in [0.4, 0.5) is 4.39 Å². The Balaban J connectivity index is 1.51. The maximum absolute atomic E-state index is 14.5. The Morgan fingerprint density at radius 3 is 2.25 bits per heavy atom. The molecule has 0 aliphatic rings. The lowest BCUT2D eigenvalue weighted by atomic mass is 10.0. The molecule has 0 saturated carbocycles. The molecule has 0 atom stereocenters. The van der Waals surface area contributed by atoms with Gasteiger partial charge in [0.1, 0.15) is 5.75 Å². The SMILES string of the molecule is CCCCCCCCc1ccc(OC(=O)c2cnc(-c3ccc(OCCCCC)cc3)cn2)c(F)c1. The number of unbranched alkanes of at least 4 members (excludes halogenated alkanes) is 7. The van der Waals surface area contributed by atoms with Crippen LogP contribution in [0.15, 0.2) is 54.9 Å². The minimum Gasteiger partial charge on any atom is -0.494 e. The Morgan fingerprint density at radius 2 is 1.56 bits per heavy atom. The van der Waals surface area contributed by atoms with Gasteiger partial charge >= 0.3 is 5.97 Å². The zero-order chi connectivity index (χ0) is 25.6. The summed E-state index contributed by atoms with van der Waals surface area (Å²) in [6.45, 7) is 5.06. The van der Waals surface area contributed by atoms with Gasteiger partial charge in [-0.3, -0.25) is 4.98 Å². The predicted octanol–water partition coefficient (Wildman–Crippen LogP) is 7.97. The number of aryl methyl sites for hydroxylation is 1. The summed E-state index contributed by atoms with van der Waals surface area (Å²) in [5, 5.41) is 0. The van der Waals surface area contributed by atoms with Gasteiger partial charge in [-0.15, -0.1) is 0 Å². The second-order valence-corrected chi connectivity index (χ2v) is 9.04. The maximum Gasteiger partial charge on any atom is 0.364 e. The summed E-state index contributed by atoms with van der Waals surface area (Å²) in [6.07, 6.45) is 14.1. The number of carbonyl (C=O) groups is 1. The third-order valence-electron chi connectivity index (χ3n) is 6.05. The molecule has 0 unspecified atom stereocenters. The summed E-state index contributed by atoms with van der Waals surface area (Å²) in [7, 11) is 0. The van der Waals surface area contributed by atoms with Gasteiger partial charge < -0.3 is 9.47 Å². The lowest BCUT2D eigenvalue weighted by Gasteiger charge is -2.08. The highest BCUT2D eigenvalue weighted by molar-refractivity contribution is 5.88. The van der Waals surface area contributed by atoms with E-state index in [2.05, 4.69) is 23.8 Å². The van der Waals surface area contributed by atoms with Gasteiger partial charge in [0.25, 0.3) is 0 Å². The van der Waals surface area contributed by atoms with Crippen LogP contribution in [0.1, 0.15) is 87.7 Å². The van der Waals surface area contributed by atoms with Gasteiger partial charge in [-0.2, -0.15) is 0 Å². The first kappa shape index (κ1) is 27.3. The fourth-order valence-electron chi connectivity index (χ4n) is 3.89. The Labute approximate surface area is 214 Å². The second-order valence-electron chi connectivity index (χ2n) is 9.04. The largest absolute Gasteiger partial charge is 0.494 e. The maximum atomic E-state index is 14.5. The van der Waals surface area contributed by atoms with Crippen molar-refractivity contribution >= 4 is 5.97 Å². The molecule has 1 heterocycles. The van der Waals surface area contributed by atoms with E-state index in [1.54, 1.807) is 0 Å². The minimum absolute atomic E-state index is 0.0187. The molecule has 192 valence electrons. The molecular formula is C30H37FN2O3. The zero-order valence-electron chi connectivity index (χ0n) is 21.5. The van der Waals surface area contributed by atoms with Crippen LogP contribution in [0, 0.1) is 5.82 Å². The highest BCUT2D eigenvalue weighted by Crippen LogP contribution is 2.23. The van der Waals surface area contributed by atoms with Crippen molar-refractivity contribution in [2.45, 2.75) is 78.1 Å². The van der Waals surface area contributed by atoms with Crippen molar-refractivity contribution in [3.8, 4) is 22.8 Å². The number of halogens is 1. The van der Waals surface area contributed by atoms with Crippen LogP contribution >= 0.6 is 0 Å². The first-order valence-electron chi connectivity index (χ1n) is 13.2. The van der Waals surface area contributed by atoms with Gasteiger partial charge in [-0.1, -0.05) is 64.9 Å². The van der Waals surface area contributed by atoms with Gasteiger partial charge in [0.2, 0.25) is 0 Å². The van der Waals surface area contributed by atoms with Crippen molar-refractivity contribution in [3.63, 3.8) is 0 Å². The molecule has 1 aromatic heterocycles. The zero-order valence-corrected chi connectivity index (χ0v) is 21.5. The van der Waals surface area contributed by atoms with E-state index < -0.39 is 11.8 Å². The third kappa shape index (κ3) is 8.74. The molecule has 3 rings (SSSR count). The number of aromatic nitrogens is 2. The van der Waals surface area contributed by atoms with Crippen LogP contribution in [0.25, 0.3) is 11.3 Å². The summed E-state index contributed by atoms with van der Waals surface area (Å²) >= 11 is 0. The molecule has 0 radical (unpaired) electrons. The quantitative estimate of drug-likeness (QED) is 0.122. The normalized spacial score (nSPS) is 10.9. The predicted molar refractivity (Wildman–Crippen MR) is 141 cm³/mol. The highest BCUT2D eigenvalue weighted by atomic mass is 19.1. The van der Waals surface area contributed by atoms with Crippen molar-refractivity contribution in [1.82, 2.24) is 9.97 Å². The second kappa shape index (κ2) is 15.0. The molecule has 5 nitrogen and oxygen atoms in total. The molecule has 36 heavy (non-hydrogen) atoms. The van der Waals surface area contributed by atoms with Crippen LogP contribution in [0.5, 0.6) is 11.5 Å². The molecule has 6 heteroatoms. The first-order chi connectivity index (χ1) is 17.6. The number of hydrogen-bond acceptors (Lipinski definition) is 5. The van der Waals surface area contributed by atoms with E-state index in [4.69, 9.17) is 9.47 Å². The van der Waals surface area contributed by atoms with Gasteiger partial charge in [-0.05, 0) is 61.2 Å². The molecule has 0 bridgehead atoms. The van der Waals surface area contributed by atoms with Crippen LogP contribution in [-0.2, 0) is 6.42 Å². The summed E-state index contributed by atoms with van der Waals surface area (Å²) in [5.74, 6) is -0.587. The molecule has 0 aliphatic heterocycles. The lowest BCUT2D eigenvalue weighted by Crippen LogP contribution is -2.12. The summed E-state index contributed by atoms with van der Waals surface area (Å²) in [6, 6.07) is 12.4. The van der Waals surface area contributed by atoms with Crippen molar-refractivity contribution in [2.75, 3.05) is 6.61 Å². The number of benzene rings is 2. The fourth-order valence-corrected chi connectivity index (χ4v) is 3.89. The number of esters is 1. The molecule has 3 aromatic rings. The lowest BCUT2D eigenvalue weighted by molar-refractivity contribution is 0.0721. The van der Waals surface area contributed by atoms with Crippen molar-refractivity contribution in [2.24, 2.45) is 0 Å². The van der Waals surface area contributed by atoms with E-state index in [1.165, 1.54) is 50.2 Å². The fraction of sp³-hybridized carbons (Fsp3) is 0.433. The van der Waals surface area contributed by atoms with Gasteiger partial charge in [0, 0.05) is 5.56 Å². The van der Waals surface area contributed by atoms with Crippen LogP contribution in [0.2, 0.25) is 0 Å². The van der Waals surface area contributed by atoms with Crippen molar-refractivity contribution in [1.29, 1.82) is 0 Å². The van der Waals surface area contributed by atoms with Crippen molar-refractivity contribution < 1.29 is 18.7 Å². The molecule has 0 fully saturated rings. The summed E-state index contributed by atoms with van der Waals surface area (Å²) in [5.41, 5.74) is 2.40. The molecule has 0 saturated heterocycles. The van der Waals surface area contributed by atoms with E-state index in [-0.39, 0.29) is 11.4 Å². The van der Waals surface area contributed by atoms with Gasteiger partial charge in [0.05, 0.1) is 24.7 Å². The van der Waals surface area contributed by atoms with Crippen molar-refractivity contribution in [3.05, 3.63) is 71.9 Å². The summed E-state index contributed by atoms with van der Waals surface area (Å²) < 4.78 is 25.5. The topological polar surface area (TPSA) is 61.3 Å². The van der Waals surface area contributed by atoms with E-state index in [0.29, 0.717) is 12.3 Å². The average molecular weight is 493 g/mol. The van der Waals surface area contributed by atoms with E-state index in [0.717, 1.165) is 55.4 Å². The summed E-state index contributed by atoms with van der Waals surface area (Å²) in [4.78, 5) is 21.0. The number of hydrogen-bond donors (Lipinski definition) is 0. The van der Waals surface area contributed by atoms with E-state index >= 15 is 0 Å². The Bertz CT molecular complexity index is 1070. The molecular weight excluding hydrogens is 455 g/mol. The number of ether oxygens (including phenoxy) is 2. The average Bonchev–Trinajstić information content (AvgIpc) is 2.90. The van der Waals surface area contributed by atoms with Gasteiger partial charge in [0.15, 0.2) is 17.3 Å². The Morgan fingerprint density at radius 1 is 0.833 bits per heavy atom. The molecule has 0 amide bonds. The number of nitrogens with zero attached hydrogens (tertiary/aromatic N) is 2.